The van der Waals surface area contributed by atoms with Crippen LogP contribution in [0.5, 0.6) is 5.75 Å². The van der Waals surface area contributed by atoms with Gasteiger partial charge in [0.25, 0.3) is 0 Å². The molecule has 1 aromatic carbocycles. The third-order valence-electron chi connectivity index (χ3n) is 3.20. The van der Waals surface area contributed by atoms with E-state index in [2.05, 4.69) is 6.92 Å². The number of benzene rings is 1. The van der Waals surface area contributed by atoms with Crippen molar-refractivity contribution in [2.45, 2.75) is 58.5 Å². The molecule has 0 bridgehead atoms. The smallest absolute Gasteiger partial charge is 0.124 e. The zero-order chi connectivity index (χ0) is 13.9. The molecule has 0 spiro atoms. The van der Waals surface area contributed by atoms with Crippen LogP contribution in [0.1, 0.15) is 57.4 Å². The maximum Gasteiger partial charge on any atom is 0.124 e. The van der Waals surface area contributed by atoms with Gasteiger partial charge >= 0.3 is 0 Å². The van der Waals surface area contributed by atoms with Gasteiger partial charge in [-0.2, -0.15) is 0 Å². The van der Waals surface area contributed by atoms with Gasteiger partial charge in [0.1, 0.15) is 5.75 Å². The van der Waals surface area contributed by atoms with Crippen LogP contribution >= 0.6 is 11.6 Å². The standard InChI is InChI=1S/C16H25ClO2/c1-2-3-4-5-6-7-8-11-19-16-10-9-15(17)12-14(16)13-18/h9-10,12,18H,2-8,11,13H2,1H3. The van der Waals surface area contributed by atoms with Crippen LogP contribution in [-0.2, 0) is 6.61 Å². The molecule has 0 unspecified atom stereocenters. The first-order valence-electron chi connectivity index (χ1n) is 7.30. The summed E-state index contributed by atoms with van der Waals surface area (Å²) in [5.74, 6) is 0.748. The first-order valence-corrected chi connectivity index (χ1v) is 7.67. The zero-order valence-electron chi connectivity index (χ0n) is 11.8. The lowest BCUT2D eigenvalue weighted by atomic mass is 10.1. The van der Waals surface area contributed by atoms with Crippen molar-refractivity contribution >= 4 is 11.6 Å². The Hall–Kier alpha value is -0.730. The molecule has 0 aliphatic heterocycles. The Bertz CT molecular complexity index is 353. The van der Waals surface area contributed by atoms with Crippen molar-refractivity contribution in [2.75, 3.05) is 6.61 Å². The summed E-state index contributed by atoms with van der Waals surface area (Å²) in [6.45, 7) is 2.91. The lowest BCUT2D eigenvalue weighted by Crippen LogP contribution is -2.00. The monoisotopic (exact) mass is 284 g/mol. The van der Waals surface area contributed by atoms with E-state index in [1.54, 1.807) is 12.1 Å². The normalized spacial score (nSPS) is 10.7. The summed E-state index contributed by atoms with van der Waals surface area (Å²) in [4.78, 5) is 0. The Kier molecular flexibility index (Phi) is 8.68. The highest BCUT2D eigenvalue weighted by Gasteiger charge is 2.03. The molecule has 0 atom stereocenters. The summed E-state index contributed by atoms with van der Waals surface area (Å²) in [6.07, 6.45) is 8.90. The fraction of sp³-hybridized carbons (Fsp3) is 0.625. The molecule has 2 nitrogen and oxygen atoms in total. The van der Waals surface area contributed by atoms with Crippen LogP contribution in [0, 0.1) is 0 Å². The topological polar surface area (TPSA) is 29.5 Å². The molecule has 0 saturated heterocycles. The van der Waals surface area contributed by atoms with E-state index in [9.17, 15) is 5.11 Å². The van der Waals surface area contributed by atoms with Gasteiger partial charge in [0.2, 0.25) is 0 Å². The largest absolute Gasteiger partial charge is 0.493 e. The van der Waals surface area contributed by atoms with Crippen LogP contribution in [0.25, 0.3) is 0 Å². The SMILES string of the molecule is CCCCCCCCCOc1ccc(Cl)cc1CO. The van der Waals surface area contributed by atoms with Gasteiger partial charge < -0.3 is 9.84 Å². The molecule has 0 aromatic heterocycles. The predicted octanol–water partition coefficient (Wildman–Crippen LogP) is 4.96. The summed E-state index contributed by atoms with van der Waals surface area (Å²) in [5, 5.41) is 9.86. The number of aliphatic hydroxyl groups is 1. The summed E-state index contributed by atoms with van der Waals surface area (Å²) in [7, 11) is 0. The maximum absolute atomic E-state index is 9.23. The summed E-state index contributed by atoms with van der Waals surface area (Å²) in [6, 6.07) is 5.37. The van der Waals surface area contributed by atoms with E-state index in [4.69, 9.17) is 16.3 Å². The number of unbranched alkanes of at least 4 members (excludes halogenated alkanes) is 6. The molecule has 0 aliphatic rings. The van der Waals surface area contributed by atoms with Crippen molar-refractivity contribution in [3.8, 4) is 5.75 Å². The maximum atomic E-state index is 9.23. The minimum Gasteiger partial charge on any atom is -0.493 e. The van der Waals surface area contributed by atoms with Crippen LogP contribution in [0.3, 0.4) is 0 Å². The van der Waals surface area contributed by atoms with Gasteiger partial charge in [-0.05, 0) is 24.6 Å². The molecular formula is C16H25ClO2. The fourth-order valence-electron chi connectivity index (χ4n) is 2.05. The molecule has 0 amide bonds. The van der Waals surface area contributed by atoms with E-state index >= 15 is 0 Å². The van der Waals surface area contributed by atoms with Crippen LogP contribution in [-0.4, -0.2) is 11.7 Å². The molecule has 0 fully saturated rings. The van der Waals surface area contributed by atoms with E-state index in [0.29, 0.717) is 11.6 Å². The second-order valence-corrected chi connectivity index (χ2v) is 5.32. The minimum absolute atomic E-state index is 0.0348. The molecule has 3 heteroatoms. The minimum atomic E-state index is -0.0348. The summed E-state index contributed by atoms with van der Waals surface area (Å²) in [5.41, 5.74) is 0.760. The van der Waals surface area contributed by atoms with Crippen LogP contribution in [0.4, 0.5) is 0 Å². The molecule has 0 aliphatic carbocycles. The Morgan fingerprint density at radius 3 is 2.42 bits per heavy atom. The molecule has 1 N–H and O–H groups in total. The highest BCUT2D eigenvalue weighted by atomic mass is 35.5. The molecule has 108 valence electrons. The Morgan fingerprint density at radius 2 is 1.74 bits per heavy atom. The van der Waals surface area contributed by atoms with Gasteiger partial charge in [0, 0.05) is 10.6 Å². The van der Waals surface area contributed by atoms with Crippen molar-refractivity contribution in [1.82, 2.24) is 0 Å². The van der Waals surface area contributed by atoms with Crippen molar-refractivity contribution in [3.05, 3.63) is 28.8 Å². The molecule has 0 heterocycles. The molecule has 0 saturated carbocycles. The molecular weight excluding hydrogens is 260 g/mol. The fourth-order valence-corrected chi connectivity index (χ4v) is 2.25. The van der Waals surface area contributed by atoms with Crippen molar-refractivity contribution in [3.63, 3.8) is 0 Å². The molecule has 0 radical (unpaired) electrons. The van der Waals surface area contributed by atoms with Gasteiger partial charge in [-0.3, -0.25) is 0 Å². The summed E-state index contributed by atoms with van der Waals surface area (Å²) >= 11 is 5.87. The van der Waals surface area contributed by atoms with E-state index in [1.165, 1.54) is 38.5 Å². The molecule has 19 heavy (non-hydrogen) atoms. The lowest BCUT2D eigenvalue weighted by molar-refractivity contribution is 0.260. The number of halogens is 1. The van der Waals surface area contributed by atoms with Gasteiger partial charge in [0.15, 0.2) is 0 Å². The van der Waals surface area contributed by atoms with Crippen molar-refractivity contribution in [2.24, 2.45) is 0 Å². The Labute approximate surface area is 121 Å². The number of ether oxygens (including phenoxy) is 1. The van der Waals surface area contributed by atoms with E-state index in [-0.39, 0.29) is 6.61 Å². The first-order chi connectivity index (χ1) is 9.27. The lowest BCUT2D eigenvalue weighted by Gasteiger charge is -2.10. The van der Waals surface area contributed by atoms with Crippen LogP contribution < -0.4 is 4.74 Å². The molecule has 1 rings (SSSR count). The van der Waals surface area contributed by atoms with Gasteiger partial charge in [-0.1, -0.05) is 57.0 Å². The number of hydrogen-bond acceptors (Lipinski definition) is 2. The van der Waals surface area contributed by atoms with E-state index in [0.717, 1.165) is 17.7 Å². The second kappa shape index (κ2) is 10.1. The second-order valence-electron chi connectivity index (χ2n) is 4.88. The summed E-state index contributed by atoms with van der Waals surface area (Å²) < 4.78 is 5.69. The average Bonchev–Trinajstić information content (AvgIpc) is 2.43. The Balaban J connectivity index is 2.15. The van der Waals surface area contributed by atoms with Crippen molar-refractivity contribution < 1.29 is 9.84 Å². The van der Waals surface area contributed by atoms with Crippen LogP contribution in [0.15, 0.2) is 18.2 Å². The zero-order valence-corrected chi connectivity index (χ0v) is 12.6. The number of hydrogen-bond donors (Lipinski definition) is 1. The molecule has 1 aromatic rings. The van der Waals surface area contributed by atoms with Crippen molar-refractivity contribution in [1.29, 1.82) is 0 Å². The quantitative estimate of drug-likeness (QED) is 0.615. The Morgan fingerprint density at radius 1 is 1.05 bits per heavy atom. The predicted molar refractivity (Wildman–Crippen MR) is 80.9 cm³/mol. The number of rotatable bonds is 10. The third-order valence-corrected chi connectivity index (χ3v) is 3.43. The number of aliphatic hydroxyl groups excluding tert-OH is 1. The van der Waals surface area contributed by atoms with E-state index in [1.807, 2.05) is 6.07 Å². The average molecular weight is 285 g/mol. The van der Waals surface area contributed by atoms with E-state index < -0.39 is 0 Å². The van der Waals surface area contributed by atoms with Gasteiger partial charge in [-0.25, -0.2) is 0 Å². The van der Waals surface area contributed by atoms with Gasteiger partial charge in [0.05, 0.1) is 13.2 Å². The highest BCUT2D eigenvalue weighted by Crippen LogP contribution is 2.23. The first kappa shape index (κ1) is 16.3. The highest BCUT2D eigenvalue weighted by molar-refractivity contribution is 6.30. The third kappa shape index (κ3) is 6.84. The van der Waals surface area contributed by atoms with Gasteiger partial charge in [-0.15, -0.1) is 0 Å². The van der Waals surface area contributed by atoms with Crippen LogP contribution in [0.2, 0.25) is 5.02 Å².